The van der Waals surface area contributed by atoms with Gasteiger partial charge in [-0.3, -0.25) is 4.18 Å². The summed E-state index contributed by atoms with van der Waals surface area (Å²) in [5.74, 6) is -1.76. The zero-order chi connectivity index (χ0) is 11.1. The number of carbonyl (C=O) groups excluding carboxylic acids is 1. The maximum absolute atomic E-state index is 9.47. The summed E-state index contributed by atoms with van der Waals surface area (Å²) in [6.45, 7) is -1.23. The summed E-state index contributed by atoms with van der Waals surface area (Å²) >= 11 is 0. The second-order valence-corrected chi connectivity index (χ2v) is 2.33. The van der Waals surface area contributed by atoms with Gasteiger partial charge < -0.3 is 19.7 Å². The molecule has 1 N–H and O–H groups in total. The molecule has 0 aromatic carbocycles. The third-order valence-electron chi connectivity index (χ3n) is 0.321. The summed E-state index contributed by atoms with van der Waals surface area (Å²) in [4.78, 5) is 17.8. The Morgan fingerprint density at radius 1 is 1.50 bits per heavy atom. The Hall–Kier alpha value is -0.954. The molecule has 10 nitrogen and oxygen atoms in total. The Balaban J connectivity index is -0.000000209. The van der Waals surface area contributed by atoms with Gasteiger partial charge in [0.05, 0.1) is 5.97 Å². The van der Waals surface area contributed by atoms with E-state index in [9.17, 15) is 22.9 Å². The monoisotopic (exact) mass is 276 g/mol. The Morgan fingerprint density at radius 3 is 1.86 bits per heavy atom. The first-order chi connectivity index (χ1) is 5.65. The molecule has 0 aliphatic rings. The van der Waals surface area contributed by atoms with Crippen LogP contribution in [0.25, 0.3) is 0 Å². The standard InChI is InChI=1S/C2H4O6S.Co.HNO3/c3-2(4)1-8-9(5,6)7;;2-1(3)4/h1H2,(H,3,4)(H,5,6,7);;(H,2,3,4)/q;+2;/p-2. The quantitative estimate of drug-likeness (QED) is 0.242. The number of carboxylic acid groups (broad SMARTS) is 1. The van der Waals surface area contributed by atoms with Gasteiger partial charge in [0.2, 0.25) is 10.4 Å². The van der Waals surface area contributed by atoms with Crippen LogP contribution in [0.1, 0.15) is 0 Å². The molecule has 0 saturated heterocycles. The van der Waals surface area contributed by atoms with Gasteiger partial charge in [0.1, 0.15) is 6.61 Å². The molecule has 12 heteroatoms. The minimum absolute atomic E-state index is 0. The van der Waals surface area contributed by atoms with Gasteiger partial charge in [-0.2, -0.15) is 0 Å². The van der Waals surface area contributed by atoms with Crippen LogP contribution in [0.15, 0.2) is 0 Å². The van der Waals surface area contributed by atoms with Gasteiger partial charge >= 0.3 is 16.8 Å². The fraction of sp³-hybridized carbons (Fsp3) is 0.500. The van der Waals surface area contributed by atoms with E-state index in [1.54, 1.807) is 0 Å². The van der Waals surface area contributed by atoms with E-state index in [0.29, 0.717) is 0 Å². The van der Waals surface area contributed by atoms with Crippen LogP contribution in [-0.4, -0.2) is 35.8 Å². The third kappa shape index (κ3) is 43.8. The molecule has 0 spiro atoms. The van der Waals surface area contributed by atoms with Crippen molar-refractivity contribution in [2.45, 2.75) is 0 Å². The summed E-state index contributed by atoms with van der Waals surface area (Å²) in [7, 11) is -4.89. The zero-order valence-corrected chi connectivity index (χ0v) is 7.97. The van der Waals surface area contributed by atoms with Crippen LogP contribution in [0.4, 0.5) is 0 Å². The van der Waals surface area contributed by atoms with Gasteiger partial charge in [-0.1, -0.05) is 0 Å². The predicted octanol–water partition coefficient (Wildman–Crippen LogP) is -3.14. The molecular formula is C2H3CoNO9S. The fourth-order valence-electron chi connectivity index (χ4n) is 0.120. The van der Waals surface area contributed by atoms with Gasteiger partial charge in [0, 0.05) is 0 Å². The molecule has 0 aliphatic heterocycles. The number of hydrogen-bond acceptors (Lipinski definition) is 8. The molecule has 0 bridgehead atoms. The summed E-state index contributed by atoms with van der Waals surface area (Å²) in [5, 5.41) is 23.0. The number of rotatable bonds is 3. The first-order valence-corrected chi connectivity index (χ1v) is 3.62. The second-order valence-electron chi connectivity index (χ2n) is 1.28. The van der Waals surface area contributed by atoms with Gasteiger partial charge in [0.15, 0.2) is 0 Å². The van der Waals surface area contributed by atoms with Crippen molar-refractivity contribution in [2.24, 2.45) is 0 Å². The Labute approximate surface area is 87.7 Å². The van der Waals surface area contributed by atoms with Crippen LogP contribution in [0.5, 0.6) is 0 Å². The zero-order valence-electron chi connectivity index (χ0n) is 6.11. The molecule has 0 aromatic heterocycles. The Bertz CT molecular complexity index is 267. The molecule has 0 unspecified atom stereocenters. The first kappa shape index (κ1) is 18.8. The normalized spacial score (nSPS) is 8.93. The average molecular weight is 276 g/mol. The molecule has 0 atom stereocenters. The van der Waals surface area contributed by atoms with Crippen molar-refractivity contribution in [1.29, 1.82) is 0 Å². The number of aliphatic carboxylic acids is 1. The van der Waals surface area contributed by atoms with Crippen molar-refractivity contribution in [1.82, 2.24) is 0 Å². The van der Waals surface area contributed by atoms with Crippen LogP contribution in [0.3, 0.4) is 0 Å². The van der Waals surface area contributed by atoms with E-state index < -0.39 is 28.1 Å². The summed E-state index contributed by atoms with van der Waals surface area (Å²) < 4.78 is 31.6. The van der Waals surface area contributed by atoms with Gasteiger partial charge in [0.25, 0.3) is 5.09 Å². The molecule has 0 amide bonds. The van der Waals surface area contributed by atoms with E-state index in [-0.39, 0.29) is 16.8 Å². The summed E-state index contributed by atoms with van der Waals surface area (Å²) in [6, 6.07) is 0. The number of carboxylic acids is 1. The molecular weight excluding hydrogens is 273 g/mol. The minimum Gasteiger partial charge on any atom is -0.726 e. The summed E-state index contributed by atoms with van der Waals surface area (Å²) in [6.07, 6.45) is 0. The van der Waals surface area contributed by atoms with E-state index in [1.165, 1.54) is 0 Å². The van der Waals surface area contributed by atoms with E-state index in [4.69, 9.17) is 15.3 Å². The topological polar surface area (TPSA) is 170 Å². The van der Waals surface area contributed by atoms with Gasteiger partial charge in [-0.05, 0) is 0 Å². The maximum Gasteiger partial charge on any atom is 2.00 e. The molecule has 85 valence electrons. The largest absolute Gasteiger partial charge is 2.00 e. The van der Waals surface area contributed by atoms with Crippen molar-refractivity contribution in [3.63, 3.8) is 0 Å². The van der Waals surface area contributed by atoms with Crippen molar-refractivity contribution in [2.75, 3.05) is 6.61 Å². The van der Waals surface area contributed by atoms with Crippen molar-refractivity contribution in [3.05, 3.63) is 10.1 Å². The third-order valence-corrected chi connectivity index (χ3v) is 0.728. The van der Waals surface area contributed by atoms with Crippen LogP contribution in [-0.2, 0) is 36.2 Å². The minimum atomic E-state index is -4.89. The number of nitrogens with zero attached hydrogens (tertiary/aromatic N) is 1. The molecule has 0 aliphatic carbocycles. The number of hydrogen-bond donors (Lipinski definition) is 1. The van der Waals surface area contributed by atoms with Crippen LogP contribution in [0.2, 0.25) is 0 Å². The van der Waals surface area contributed by atoms with E-state index >= 15 is 0 Å². The maximum atomic E-state index is 9.47. The molecule has 0 heterocycles. The molecule has 0 saturated carbocycles. The smallest absolute Gasteiger partial charge is 0.726 e. The fourth-order valence-corrected chi connectivity index (χ4v) is 0.361. The van der Waals surface area contributed by atoms with Crippen LogP contribution < -0.4 is 5.11 Å². The summed E-state index contributed by atoms with van der Waals surface area (Å²) in [5.41, 5.74) is 0. The van der Waals surface area contributed by atoms with Crippen molar-refractivity contribution in [3.8, 4) is 0 Å². The SMILES string of the molecule is O=C([O-])COS(=O)(=O)[O-].O=[N+]([O-])O.[Co+2]. The van der Waals surface area contributed by atoms with E-state index in [2.05, 4.69) is 4.18 Å². The first-order valence-electron chi connectivity index (χ1n) is 2.28. The van der Waals surface area contributed by atoms with E-state index in [1.807, 2.05) is 0 Å². The van der Waals surface area contributed by atoms with E-state index in [0.717, 1.165) is 0 Å². The predicted molar refractivity (Wildman–Crippen MR) is 29.4 cm³/mol. The molecule has 0 rings (SSSR count). The van der Waals surface area contributed by atoms with Gasteiger partial charge in [-0.15, -0.1) is 10.1 Å². The second kappa shape index (κ2) is 8.64. The molecule has 0 aromatic rings. The van der Waals surface area contributed by atoms with Crippen LogP contribution in [0, 0.1) is 10.1 Å². The average Bonchev–Trinajstić information content (AvgIpc) is 1.80. The van der Waals surface area contributed by atoms with Crippen molar-refractivity contribution >= 4 is 16.4 Å². The van der Waals surface area contributed by atoms with Gasteiger partial charge in [-0.25, -0.2) is 8.42 Å². The van der Waals surface area contributed by atoms with Crippen molar-refractivity contribution < 1.29 is 54.1 Å². The number of carbonyl (C=O) groups is 1. The Kier molecular flexibility index (Phi) is 11.6. The molecule has 1 radical (unpaired) electrons. The molecule has 14 heavy (non-hydrogen) atoms. The Morgan fingerprint density at radius 2 is 1.79 bits per heavy atom. The van der Waals surface area contributed by atoms with Crippen LogP contribution >= 0.6 is 0 Å². The molecule has 0 fully saturated rings.